The molecule has 4 heteroatoms. The van der Waals surface area contributed by atoms with E-state index in [2.05, 4.69) is 24.4 Å². The molecule has 2 atom stereocenters. The number of carbonyl (C=O) groups excluding carboxylic acids is 1. The molecule has 0 heterocycles. The van der Waals surface area contributed by atoms with Crippen molar-refractivity contribution >= 4 is 17.5 Å². The third-order valence-corrected chi connectivity index (χ3v) is 3.66. The first kappa shape index (κ1) is 16.4. The molecule has 0 aliphatic rings. The van der Waals surface area contributed by atoms with Crippen molar-refractivity contribution in [3.63, 3.8) is 0 Å². The highest BCUT2D eigenvalue weighted by molar-refractivity contribution is 6.30. The first-order chi connectivity index (χ1) is 10.6. The number of benzene rings is 2. The van der Waals surface area contributed by atoms with Gasteiger partial charge in [0.25, 0.3) is 5.91 Å². The first-order valence-corrected chi connectivity index (χ1v) is 7.69. The van der Waals surface area contributed by atoms with Gasteiger partial charge in [0, 0.05) is 11.6 Å². The molecular formula is C18H20ClNO2. The Balaban J connectivity index is 1.84. The number of nitrogens with one attached hydrogen (secondary N) is 1. The predicted octanol–water partition coefficient (Wildman–Crippen LogP) is 4.03. The smallest absolute Gasteiger partial charge is 0.260 e. The zero-order chi connectivity index (χ0) is 15.9. The van der Waals surface area contributed by atoms with Crippen LogP contribution in [0.4, 0.5) is 0 Å². The minimum Gasteiger partial charge on any atom is -0.481 e. The zero-order valence-electron chi connectivity index (χ0n) is 12.8. The van der Waals surface area contributed by atoms with E-state index in [4.69, 9.17) is 16.3 Å². The fourth-order valence-corrected chi connectivity index (χ4v) is 2.28. The van der Waals surface area contributed by atoms with Gasteiger partial charge in [0.1, 0.15) is 5.75 Å². The summed E-state index contributed by atoms with van der Waals surface area (Å²) in [6, 6.07) is 17.1. The molecule has 116 valence electrons. The second-order valence-corrected chi connectivity index (χ2v) is 5.71. The average Bonchev–Trinajstić information content (AvgIpc) is 2.53. The van der Waals surface area contributed by atoms with E-state index in [0.717, 1.165) is 0 Å². The van der Waals surface area contributed by atoms with E-state index >= 15 is 0 Å². The third-order valence-electron chi connectivity index (χ3n) is 3.43. The van der Waals surface area contributed by atoms with Crippen LogP contribution in [0.15, 0.2) is 54.6 Å². The van der Waals surface area contributed by atoms with Crippen molar-refractivity contribution in [2.24, 2.45) is 0 Å². The summed E-state index contributed by atoms with van der Waals surface area (Å²) >= 11 is 5.90. The first-order valence-electron chi connectivity index (χ1n) is 7.31. The van der Waals surface area contributed by atoms with Crippen LogP contribution in [0.3, 0.4) is 0 Å². The minimum absolute atomic E-state index is 0.136. The van der Waals surface area contributed by atoms with Crippen LogP contribution in [0.1, 0.15) is 25.3 Å². The van der Waals surface area contributed by atoms with Crippen molar-refractivity contribution < 1.29 is 9.53 Å². The van der Waals surface area contributed by atoms with Crippen LogP contribution in [-0.4, -0.2) is 18.6 Å². The highest BCUT2D eigenvalue weighted by atomic mass is 35.5. The highest BCUT2D eigenvalue weighted by Gasteiger charge is 2.15. The van der Waals surface area contributed by atoms with Crippen LogP contribution in [0.5, 0.6) is 5.75 Å². The Morgan fingerprint density at radius 2 is 1.86 bits per heavy atom. The van der Waals surface area contributed by atoms with Crippen molar-refractivity contribution in [3.05, 3.63) is 65.2 Å². The molecule has 3 nitrogen and oxygen atoms in total. The Hall–Kier alpha value is -2.00. The molecule has 0 saturated carbocycles. The summed E-state index contributed by atoms with van der Waals surface area (Å²) in [5, 5.41) is 3.50. The second kappa shape index (κ2) is 7.85. The maximum Gasteiger partial charge on any atom is 0.260 e. The number of hydrogen-bond acceptors (Lipinski definition) is 2. The largest absolute Gasteiger partial charge is 0.481 e. The summed E-state index contributed by atoms with van der Waals surface area (Å²) in [5.74, 6) is 0.706. The van der Waals surface area contributed by atoms with Gasteiger partial charge in [0.15, 0.2) is 6.10 Å². The second-order valence-electron chi connectivity index (χ2n) is 5.27. The molecule has 0 aromatic heterocycles. The van der Waals surface area contributed by atoms with E-state index in [0.29, 0.717) is 17.3 Å². The third kappa shape index (κ3) is 4.78. The molecule has 0 fully saturated rings. The lowest BCUT2D eigenvalue weighted by Crippen LogP contribution is -2.38. The van der Waals surface area contributed by atoms with Crippen molar-refractivity contribution in [3.8, 4) is 5.75 Å². The summed E-state index contributed by atoms with van der Waals surface area (Å²) in [6.45, 7) is 4.38. The van der Waals surface area contributed by atoms with Gasteiger partial charge in [0.05, 0.1) is 0 Å². The molecule has 0 saturated heterocycles. The Kier molecular flexibility index (Phi) is 5.84. The quantitative estimate of drug-likeness (QED) is 0.873. The molecule has 2 unspecified atom stereocenters. The number of halogens is 1. The van der Waals surface area contributed by atoms with E-state index in [1.165, 1.54) is 5.56 Å². The predicted molar refractivity (Wildman–Crippen MR) is 89.4 cm³/mol. The maximum absolute atomic E-state index is 12.1. The van der Waals surface area contributed by atoms with Gasteiger partial charge in [-0.05, 0) is 36.6 Å². The summed E-state index contributed by atoms with van der Waals surface area (Å²) in [5.41, 5.74) is 1.20. The minimum atomic E-state index is -0.568. The molecule has 2 rings (SSSR count). The van der Waals surface area contributed by atoms with Crippen molar-refractivity contribution in [1.29, 1.82) is 0 Å². The lowest BCUT2D eigenvalue weighted by atomic mass is 10.0. The van der Waals surface area contributed by atoms with Gasteiger partial charge in [-0.2, -0.15) is 0 Å². The lowest BCUT2D eigenvalue weighted by molar-refractivity contribution is -0.127. The van der Waals surface area contributed by atoms with Crippen molar-refractivity contribution in [1.82, 2.24) is 5.32 Å². The van der Waals surface area contributed by atoms with E-state index in [1.807, 2.05) is 18.2 Å². The molecular weight excluding hydrogens is 298 g/mol. The monoisotopic (exact) mass is 317 g/mol. The number of amides is 1. The van der Waals surface area contributed by atoms with E-state index in [-0.39, 0.29) is 11.8 Å². The summed E-state index contributed by atoms with van der Waals surface area (Å²) in [4.78, 5) is 12.1. The van der Waals surface area contributed by atoms with Crippen LogP contribution in [0, 0.1) is 0 Å². The zero-order valence-corrected chi connectivity index (χ0v) is 13.5. The molecule has 0 radical (unpaired) electrons. The SMILES string of the molecule is CC(Oc1cccc(Cl)c1)C(=O)NCC(C)c1ccccc1. The Bertz CT molecular complexity index is 615. The topological polar surface area (TPSA) is 38.3 Å². The number of carbonyl (C=O) groups is 1. The fraction of sp³-hybridized carbons (Fsp3) is 0.278. The summed E-state index contributed by atoms with van der Waals surface area (Å²) in [6.07, 6.45) is -0.568. The standard InChI is InChI=1S/C18H20ClNO2/c1-13(15-7-4-3-5-8-15)12-20-18(21)14(2)22-17-10-6-9-16(19)11-17/h3-11,13-14H,12H2,1-2H3,(H,20,21). The molecule has 22 heavy (non-hydrogen) atoms. The average molecular weight is 318 g/mol. The molecule has 2 aromatic carbocycles. The van der Waals surface area contributed by atoms with Crippen molar-refractivity contribution in [2.75, 3.05) is 6.54 Å². The Labute approximate surface area is 136 Å². The van der Waals surface area contributed by atoms with Gasteiger partial charge >= 0.3 is 0 Å². The number of hydrogen-bond donors (Lipinski definition) is 1. The van der Waals surface area contributed by atoms with E-state index in [1.54, 1.807) is 31.2 Å². The van der Waals surface area contributed by atoms with Crippen LogP contribution >= 0.6 is 11.6 Å². The van der Waals surface area contributed by atoms with E-state index < -0.39 is 6.10 Å². The maximum atomic E-state index is 12.1. The van der Waals surface area contributed by atoms with Crippen LogP contribution in [0.2, 0.25) is 5.02 Å². The lowest BCUT2D eigenvalue weighted by Gasteiger charge is -2.17. The van der Waals surface area contributed by atoms with E-state index in [9.17, 15) is 4.79 Å². The van der Waals surface area contributed by atoms with Gasteiger partial charge < -0.3 is 10.1 Å². The molecule has 0 bridgehead atoms. The van der Waals surface area contributed by atoms with Crippen LogP contribution < -0.4 is 10.1 Å². The fourth-order valence-electron chi connectivity index (χ4n) is 2.09. The molecule has 0 aliphatic carbocycles. The normalized spacial score (nSPS) is 13.2. The Morgan fingerprint density at radius 3 is 2.55 bits per heavy atom. The molecule has 0 spiro atoms. The van der Waals surface area contributed by atoms with Gasteiger partial charge in [0.2, 0.25) is 0 Å². The molecule has 2 aromatic rings. The summed E-state index contributed by atoms with van der Waals surface area (Å²) in [7, 11) is 0. The van der Waals surface area contributed by atoms with Crippen molar-refractivity contribution in [2.45, 2.75) is 25.9 Å². The number of ether oxygens (including phenoxy) is 1. The highest BCUT2D eigenvalue weighted by Crippen LogP contribution is 2.18. The van der Waals surface area contributed by atoms with Gasteiger partial charge in [-0.25, -0.2) is 0 Å². The van der Waals surface area contributed by atoms with Crippen LogP contribution in [0.25, 0.3) is 0 Å². The van der Waals surface area contributed by atoms with Gasteiger partial charge in [-0.15, -0.1) is 0 Å². The van der Waals surface area contributed by atoms with Gasteiger partial charge in [-0.3, -0.25) is 4.79 Å². The Morgan fingerprint density at radius 1 is 1.14 bits per heavy atom. The molecule has 1 amide bonds. The number of rotatable bonds is 6. The summed E-state index contributed by atoms with van der Waals surface area (Å²) < 4.78 is 5.60. The molecule has 0 aliphatic heterocycles. The molecule has 1 N–H and O–H groups in total. The van der Waals surface area contributed by atoms with Crippen LogP contribution in [-0.2, 0) is 4.79 Å². The van der Waals surface area contributed by atoms with Gasteiger partial charge in [-0.1, -0.05) is 54.9 Å².